The van der Waals surface area contributed by atoms with Gasteiger partial charge in [-0.25, -0.2) is 9.97 Å². The average molecular weight is 465 g/mol. The third-order valence-electron chi connectivity index (χ3n) is 6.81. The number of allylic oxidation sites excluding steroid dienone is 2. The van der Waals surface area contributed by atoms with E-state index in [1.165, 1.54) is 24.2 Å². The Balaban J connectivity index is 1.32. The molecular formula is C25H28N4O3S. The molecule has 0 saturated heterocycles. The molecular weight excluding hydrogens is 436 g/mol. The SMILES string of the molecule is COc1cccc(CNC(=O)c2sc3ncnc(NC[C@H]4C[C@@H]5C=C[C@H]4C5)c3c2C)c1OC. The number of carbonyl (C=O) groups excluding carboxylic acids is 1. The van der Waals surface area contributed by atoms with Gasteiger partial charge in [-0.3, -0.25) is 4.79 Å². The monoisotopic (exact) mass is 464 g/mol. The van der Waals surface area contributed by atoms with Gasteiger partial charge in [0.1, 0.15) is 17.0 Å². The number of nitrogens with one attached hydrogen (secondary N) is 2. The van der Waals surface area contributed by atoms with E-state index in [2.05, 4.69) is 32.8 Å². The van der Waals surface area contributed by atoms with Gasteiger partial charge in [-0.2, -0.15) is 0 Å². The molecule has 2 aliphatic rings. The van der Waals surface area contributed by atoms with Crippen LogP contribution in [0.3, 0.4) is 0 Å². The number of benzene rings is 1. The predicted molar refractivity (Wildman–Crippen MR) is 130 cm³/mol. The van der Waals surface area contributed by atoms with Crippen molar-refractivity contribution < 1.29 is 14.3 Å². The average Bonchev–Trinajstić information content (AvgIpc) is 3.55. The van der Waals surface area contributed by atoms with E-state index in [0.717, 1.165) is 39.6 Å². The minimum absolute atomic E-state index is 0.135. The summed E-state index contributed by atoms with van der Waals surface area (Å²) in [4.78, 5) is 23.5. The van der Waals surface area contributed by atoms with Crippen LogP contribution < -0.4 is 20.1 Å². The number of thiophene rings is 1. The van der Waals surface area contributed by atoms with E-state index in [1.807, 2.05) is 25.1 Å². The van der Waals surface area contributed by atoms with E-state index in [1.54, 1.807) is 20.5 Å². The number of amides is 1. The zero-order valence-electron chi connectivity index (χ0n) is 19.1. The number of nitrogens with zero attached hydrogens (tertiary/aromatic N) is 2. The minimum Gasteiger partial charge on any atom is -0.493 e. The van der Waals surface area contributed by atoms with Gasteiger partial charge >= 0.3 is 0 Å². The normalized spacial score (nSPS) is 20.9. The molecule has 5 rings (SSSR count). The standard InChI is InChI=1S/C25H28N4O3S/c1-14-20-23(26-12-18-10-15-7-8-16(18)9-15)28-13-29-25(20)33-22(14)24(30)27-11-17-5-4-6-19(31-2)21(17)32-3/h4-8,13,15-16,18H,9-12H2,1-3H3,(H,27,30)(H,26,28,29)/t15-,16+,18-/m1/s1. The van der Waals surface area contributed by atoms with Crippen LogP contribution >= 0.6 is 11.3 Å². The Morgan fingerprint density at radius 2 is 2.06 bits per heavy atom. The third-order valence-corrected chi connectivity index (χ3v) is 8.00. The number of hydrogen-bond acceptors (Lipinski definition) is 7. The summed E-state index contributed by atoms with van der Waals surface area (Å²) >= 11 is 1.40. The molecule has 2 N–H and O–H groups in total. The maximum absolute atomic E-state index is 13.1. The number of hydrogen-bond donors (Lipinski definition) is 2. The maximum Gasteiger partial charge on any atom is 0.261 e. The predicted octanol–water partition coefficient (Wildman–Crippen LogP) is 4.57. The van der Waals surface area contributed by atoms with Crippen LogP contribution in [-0.2, 0) is 6.54 Å². The zero-order chi connectivity index (χ0) is 22.9. The minimum atomic E-state index is -0.135. The smallest absolute Gasteiger partial charge is 0.261 e. The fraction of sp³-hybridized carbons (Fsp3) is 0.400. The second kappa shape index (κ2) is 9.02. The summed E-state index contributed by atoms with van der Waals surface area (Å²) in [5, 5.41) is 7.51. The highest BCUT2D eigenvalue weighted by Crippen LogP contribution is 2.43. The Morgan fingerprint density at radius 1 is 1.18 bits per heavy atom. The van der Waals surface area contributed by atoms with E-state index in [9.17, 15) is 4.79 Å². The van der Waals surface area contributed by atoms with E-state index < -0.39 is 0 Å². The fourth-order valence-electron chi connectivity index (χ4n) is 5.13. The number of fused-ring (bicyclic) bond motifs is 3. The summed E-state index contributed by atoms with van der Waals surface area (Å²) < 4.78 is 10.8. The van der Waals surface area contributed by atoms with Crippen LogP contribution in [0.2, 0.25) is 0 Å². The van der Waals surface area contributed by atoms with Gasteiger partial charge < -0.3 is 20.1 Å². The molecule has 3 aromatic rings. The van der Waals surface area contributed by atoms with Gasteiger partial charge in [-0.05, 0) is 49.1 Å². The number of methoxy groups -OCH3 is 2. The van der Waals surface area contributed by atoms with E-state index in [0.29, 0.717) is 34.8 Å². The molecule has 1 fully saturated rings. The van der Waals surface area contributed by atoms with Crippen LogP contribution in [0.15, 0.2) is 36.7 Å². The number of anilines is 1. The van der Waals surface area contributed by atoms with Crippen molar-refractivity contribution in [2.75, 3.05) is 26.1 Å². The lowest BCUT2D eigenvalue weighted by atomic mass is 9.93. The molecule has 0 spiro atoms. The first-order chi connectivity index (χ1) is 16.1. The molecule has 2 aromatic heterocycles. The summed E-state index contributed by atoms with van der Waals surface area (Å²) in [6, 6.07) is 5.63. The quantitative estimate of drug-likeness (QED) is 0.475. The lowest BCUT2D eigenvalue weighted by Crippen LogP contribution is -2.23. The molecule has 0 aliphatic heterocycles. The van der Waals surface area contributed by atoms with Crippen molar-refractivity contribution in [3.05, 3.63) is 52.7 Å². The summed E-state index contributed by atoms with van der Waals surface area (Å²) in [5.41, 5.74) is 1.76. The number of ether oxygens (including phenoxy) is 2. The van der Waals surface area contributed by atoms with Crippen LogP contribution in [0, 0.1) is 24.7 Å². The summed E-state index contributed by atoms with van der Waals surface area (Å²) in [5.74, 6) is 4.01. The van der Waals surface area contributed by atoms with Gasteiger partial charge in [0.15, 0.2) is 11.5 Å². The number of aryl methyl sites for hydroxylation is 1. The summed E-state index contributed by atoms with van der Waals surface area (Å²) in [7, 11) is 3.20. The van der Waals surface area contributed by atoms with Crippen molar-refractivity contribution in [1.29, 1.82) is 0 Å². The van der Waals surface area contributed by atoms with Gasteiger partial charge in [-0.1, -0.05) is 24.3 Å². The second-order valence-electron chi connectivity index (χ2n) is 8.72. The van der Waals surface area contributed by atoms with Crippen molar-refractivity contribution >= 4 is 33.3 Å². The molecule has 1 saturated carbocycles. The van der Waals surface area contributed by atoms with Gasteiger partial charge in [0.05, 0.1) is 24.5 Å². The molecule has 2 aliphatic carbocycles. The summed E-state index contributed by atoms with van der Waals surface area (Å²) in [6.07, 6.45) is 8.83. The lowest BCUT2D eigenvalue weighted by molar-refractivity contribution is 0.0954. The molecule has 0 unspecified atom stereocenters. The second-order valence-corrected chi connectivity index (χ2v) is 9.71. The van der Waals surface area contributed by atoms with Crippen LogP contribution in [0.25, 0.3) is 10.2 Å². The molecule has 172 valence electrons. The lowest BCUT2D eigenvalue weighted by Gasteiger charge is -2.19. The summed E-state index contributed by atoms with van der Waals surface area (Å²) in [6.45, 7) is 3.19. The van der Waals surface area contributed by atoms with Gasteiger partial charge in [0.25, 0.3) is 5.91 Å². The van der Waals surface area contributed by atoms with Crippen LogP contribution in [0.4, 0.5) is 5.82 Å². The third kappa shape index (κ3) is 4.04. The highest BCUT2D eigenvalue weighted by molar-refractivity contribution is 7.20. The van der Waals surface area contributed by atoms with Crippen molar-refractivity contribution in [1.82, 2.24) is 15.3 Å². The Kier molecular flexibility index (Phi) is 5.93. The van der Waals surface area contributed by atoms with Crippen LogP contribution in [0.1, 0.15) is 33.6 Å². The van der Waals surface area contributed by atoms with Gasteiger partial charge in [0, 0.05) is 18.7 Å². The Bertz CT molecular complexity index is 1220. The maximum atomic E-state index is 13.1. The topological polar surface area (TPSA) is 85.4 Å². The Hall–Kier alpha value is -3.13. The highest BCUT2D eigenvalue weighted by atomic mass is 32.1. The molecule has 2 heterocycles. The molecule has 2 bridgehead atoms. The van der Waals surface area contributed by atoms with Crippen LogP contribution in [0.5, 0.6) is 11.5 Å². The fourth-order valence-corrected chi connectivity index (χ4v) is 6.19. The van der Waals surface area contributed by atoms with E-state index >= 15 is 0 Å². The molecule has 1 amide bonds. The number of rotatable bonds is 8. The van der Waals surface area contributed by atoms with E-state index in [-0.39, 0.29) is 5.91 Å². The first-order valence-electron chi connectivity index (χ1n) is 11.2. The largest absolute Gasteiger partial charge is 0.493 e. The van der Waals surface area contributed by atoms with Crippen molar-refractivity contribution in [2.24, 2.45) is 17.8 Å². The first-order valence-corrected chi connectivity index (χ1v) is 12.0. The molecule has 8 heteroatoms. The number of carbonyl (C=O) groups is 1. The molecule has 7 nitrogen and oxygen atoms in total. The molecule has 1 aromatic carbocycles. The molecule has 33 heavy (non-hydrogen) atoms. The van der Waals surface area contributed by atoms with Crippen molar-refractivity contribution in [2.45, 2.75) is 26.3 Å². The van der Waals surface area contributed by atoms with Gasteiger partial charge in [0.2, 0.25) is 0 Å². The van der Waals surface area contributed by atoms with Crippen molar-refractivity contribution in [3.63, 3.8) is 0 Å². The number of aromatic nitrogens is 2. The zero-order valence-corrected chi connectivity index (χ0v) is 19.9. The first kappa shape index (κ1) is 21.7. The van der Waals surface area contributed by atoms with Crippen molar-refractivity contribution in [3.8, 4) is 11.5 Å². The Morgan fingerprint density at radius 3 is 2.79 bits per heavy atom. The number of para-hydroxylation sites is 1. The van der Waals surface area contributed by atoms with E-state index in [4.69, 9.17) is 9.47 Å². The van der Waals surface area contributed by atoms with Gasteiger partial charge in [-0.15, -0.1) is 11.3 Å². The molecule has 0 radical (unpaired) electrons. The highest BCUT2D eigenvalue weighted by Gasteiger charge is 2.35. The molecule has 3 atom stereocenters. The Labute approximate surface area is 197 Å². The van der Waals surface area contributed by atoms with Crippen LogP contribution in [-0.4, -0.2) is 36.6 Å².